The number of hydrogen-bond donors (Lipinski definition) is 1. The van der Waals surface area contributed by atoms with Gasteiger partial charge >= 0.3 is 5.97 Å². The van der Waals surface area contributed by atoms with Crippen molar-refractivity contribution in [3.8, 4) is 16.9 Å². The molecule has 0 aliphatic heterocycles. The van der Waals surface area contributed by atoms with Crippen LogP contribution in [0.1, 0.15) is 15.2 Å². The third kappa shape index (κ3) is 5.16. The van der Waals surface area contributed by atoms with Gasteiger partial charge in [-0.2, -0.15) is 0 Å². The molecule has 0 radical (unpaired) electrons. The van der Waals surface area contributed by atoms with Crippen molar-refractivity contribution in [2.45, 2.75) is 6.92 Å². The molecule has 0 saturated carbocycles. The van der Waals surface area contributed by atoms with Crippen molar-refractivity contribution in [2.24, 2.45) is 0 Å². The van der Waals surface area contributed by atoms with Gasteiger partial charge in [0.2, 0.25) is 0 Å². The zero-order valence-electron chi connectivity index (χ0n) is 15.9. The summed E-state index contributed by atoms with van der Waals surface area (Å²) in [6, 6.07) is 12.1. The number of hydrogen-bond acceptors (Lipinski definition) is 5. The third-order valence-electron chi connectivity index (χ3n) is 4.09. The van der Waals surface area contributed by atoms with E-state index in [0.717, 1.165) is 10.4 Å². The summed E-state index contributed by atoms with van der Waals surface area (Å²) in [6.07, 6.45) is 0. The van der Waals surface area contributed by atoms with Gasteiger partial charge in [0.1, 0.15) is 16.3 Å². The Morgan fingerprint density at radius 2 is 1.87 bits per heavy atom. The Bertz CT molecular complexity index is 1120. The Morgan fingerprint density at radius 3 is 2.53 bits per heavy atom. The molecule has 0 aliphatic carbocycles. The first-order valence-electron chi connectivity index (χ1n) is 8.65. The van der Waals surface area contributed by atoms with Crippen molar-refractivity contribution >= 4 is 67.3 Å². The van der Waals surface area contributed by atoms with E-state index < -0.39 is 11.9 Å². The predicted molar refractivity (Wildman–Crippen MR) is 124 cm³/mol. The van der Waals surface area contributed by atoms with Crippen LogP contribution >= 0.6 is 50.5 Å². The van der Waals surface area contributed by atoms with Crippen LogP contribution in [0.2, 0.25) is 10.0 Å². The minimum absolute atomic E-state index is 0.246. The highest BCUT2D eigenvalue weighted by Crippen LogP contribution is 2.41. The number of carbonyl (C=O) groups excluding carboxylic acids is 2. The van der Waals surface area contributed by atoms with Crippen molar-refractivity contribution in [1.29, 1.82) is 0 Å². The summed E-state index contributed by atoms with van der Waals surface area (Å²) in [4.78, 5) is 25.9. The summed E-state index contributed by atoms with van der Waals surface area (Å²) in [5.41, 5.74) is 1.72. The largest absolute Gasteiger partial charge is 0.483 e. The topological polar surface area (TPSA) is 64.6 Å². The number of thiophene rings is 1. The van der Waals surface area contributed by atoms with E-state index in [0.29, 0.717) is 30.8 Å². The second kappa shape index (κ2) is 9.83. The SMILES string of the molecule is COC(=O)c1c(NC(=O)COc2ccc(Cl)cc2Br)sc(C)c1-c1cccc(Cl)c1. The molecule has 0 aliphatic rings. The van der Waals surface area contributed by atoms with Crippen LogP contribution in [0.3, 0.4) is 0 Å². The van der Waals surface area contributed by atoms with Crippen LogP contribution in [0.5, 0.6) is 5.75 Å². The quantitative estimate of drug-likeness (QED) is 0.366. The molecule has 1 heterocycles. The lowest BCUT2D eigenvalue weighted by Crippen LogP contribution is -2.21. The molecule has 3 rings (SSSR count). The minimum atomic E-state index is -0.550. The summed E-state index contributed by atoms with van der Waals surface area (Å²) < 4.78 is 11.1. The van der Waals surface area contributed by atoms with Gasteiger partial charge in [0.05, 0.1) is 11.6 Å². The second-order valence-electron chi connectivity index (χ2n) is 6.15. The molecule has 1 aromatic heterocycles. The first kappa shape index (κ1) is 22.6. The van der Waals surface area contributed by atoms with Crippen molar-refractivity contribution in [3.05, 3.63) is 67.4 Å². The molecule has 9 heteroatoms. The van der Waals surface area contributed by atoms with Crippen molar-refractivity contribution in [3.63, 3.8) is 0 Å². The van der Waals surface area contributed by atoms with E-state index in [9.17, 15) is 9.59 Å². The van der Waals surface area contributed by atoms with Crippen LogP contribution in [0.15, 0.2) is 46.9 Å². The first-order valence-corrected chi connectivity index (χ1v) is 11.0. The fraction of sp³-hybridized carbons (Fsp3) is 0.143. The summed E-state index contributed by atoms with van der Waals surface area (Å²) >= 11 is 16.6. The van der Waals surface area contributed by atoms with E-state index >= 15 is 0 Å². The number of methoxy groups -OCH3 is 1. The summed E-state index contributed by atoms with van der Waals surface area (Å²) in [5, 5.41) is 4.23. The van der Waals surface area contributed by atoms with Gasteiger partial charge in [-0.15, -0.1) is 11.3 Å². The zero-order valence-corrected chi connectivity index (χ0v) is 19.8. The van der Waals surface area contributed by atoms with Crippen LogP contribution in [-0.2, 0) is 9.53 Å². The lowest BCUT2D eigenvalue weighted by molar-refractivity contribution is -0.118. The molecule has 30 heavy (non-hydrogen) atoms. The average Bonchev–Trinajstić information content (AvgIpc) is 3.02. The van der Waals surface area contributed by atoms with Crippen LogP contribution in [0.25, 0.3) is 11.1 Å². The normalized spacial score (nSPS) is 10.6. The van der Waals surface area contributed by atoms with Crippen LogP contribution in [-0.4, -0.2) is 25.6 Å². The lowest BCUT2D eigenvalue weighted by atomic mass is 10.0. The number of halogens is 3. The lowest BCUT2D eigenvalue weighted by Gasteiger charge is -2.10. The van der Waals surface area contributed by atoms with E-state index in [1.807, 2.05) is 13.0 Å². The molecule has 1 amide bonds. The van der Waals surface area contributed by atoms with Gasteiger partial charge in [-0.3, -0.25) is 4.79 Å². The number of anilines is 1. The third-order valence-corrected chi connectivity index (χ3v) is 6.20. The number of carbonyl (C=O) groups is 2. The molecule has 2 aromatic carbocycles. The van der Waals surface area contributed by atoms with E-state index in [2.05, 4.69) is 21.2 Å². The minimum Gasteiger partial charge on any atom is -0.483 e. The van der Waals surface area contributed by atoms with Gasteiger partial charge in [0.15, 0.2) is 6.61 Å². The summed E-state index contributed by atoms with van der Waals surface area (Å²) in [6.45, 7) is 1.62. The number of nitrogens with one attached hydrogen (secondary N) is 1. The van der Waals surface area contributed by atoms with Gasteiger partial charge in [-0.1, -0.05) is 35.3 Å². The van der Waals surface area contributed by atoms with Gasteiger partial charge in [-0.05, 0) is 58.7 Å². The summed E-state index contributed by atoms with van der Waals surface area (Å²) in [5.74, 6) is -0.489. The highest BCUT2D eigenvalue weighted by molar-refractivity contribution is 9.10. The van der Waals surface area contributed by atoms with Crippen LogP contribution in [0.4, 0.5) is 5.00 Å². The van der Waals surface area contributed by atoms with Gasteiger partial charge in [-0.25, -0.2) is 4.79 Å². The maximum Gasteiger partial charge on any atom is 0.341 e. The molecule has 0 saturated heterocycles. The number of ether oxygens (including phenoxy) is 2. The monoisotopic (exact) mass is 527 g/mol. The number of benzene rings is 2. The average molecular weight is 529 g/mol. The van der Waals surface area contributed by atoms with Crippen molar-refractivity contribution < 1.29 is 19.1 Å². The molecule has 0 spiro atoms. The Kier molecular flexibility index (Phi) is 7.41. The fourth-order valence-corrected chi connectivity index (χ4v) is 4.89. The Balaban J connectivity index is 1.85. The van der Waals surface area contributed by atoms with E-state index in [4.69, 9.17) is 32.7 Å². The highest BCUT2D eigenvalue weighted by atomic mass is 79.9. The molecule has 0 unspecified atom stereocenters. The summed E-state index contributed by atoms with van der Waals surface area (Å²) in [7, 11) is 1.30. The zero-order chi connectivity index (χ0) is 21.8. The van der Waals surface area contributed by atoms with E-state index in [1.165, 1.54) is 18.4 Å². The van der Waals surface area contributed by atoms with Crippen LogP contribution in [0, 0.1) is 6.92 Å². The number of aryl methyl sites for hydroxylation is 1. The highest BCUT2D eigenvalue weighted by Gasteiger charge is 2.25. The first-order chi connectivity index (χ1) is 14.3. The van der Waals surface area contributed by atoms with Crippen molar-refractivity contribution in [1.82, 2.24) is 0 Å². The van der Waals surface area contributed by atoms with Crippen LogP contribution < -0.4 is 10.1 Å². The molecule has 0 bridgehead atoms. The molecular weight excluding hydrogens is 513 g/mol. The van der Waals surface area contributed by atoms with E-state index in [1.54, 1.807) is 36.4 Å². The maximum absolute atomic E-state index is 12.5. The molecular formula is C21H16BrCl2NO4S. The predicted octanol–water partition coefficient (Wildman–Crippen LogP) is 6.60. The van der Waals surface area contributed by atoms with E-state index in [-0.39, 0.29) is 12.2 Å². The number of rotatable bonds is 6. The molecule has 1 N–H and O–H groups in total. The van der Waals surface area contributed by atoms with Gasteiger partial charge in [0, 0.05) is 20.5 Å². The Morgan fingerprint density at radius 1 is 1.13 bits per heavy atom. The van der Waals surface area contributed by atoms with Gasteiger partial charge < -0.3 is 14.8 Å². The molecule has 3 aromatic rings. The number of amides is 1. The Hall–Kier alpha value is -2.06. The molecule has 156 valence electrons. The number of esters is 1. The molecule has 0 atom stereocenters. The Labute approximate surface area is 196 Å². The van der Waals surface area contributed by atoms with Crippen molar-refractivity contribution in [2.75, 3.05) is 19.0 Å². The fourth-order valence-electron chi connectivity index (χ4n) is 2.82. The van der Waals surface area contributed by atoms with Gasteiger partial charge in [0.25, 0.3) is 5.91 Å². The second-order valence-corrected chi connectivity index (χ2v) is 9.10. The maximum atomic E-state index is 12.5. The molecule has 0 fully saturated rings. The smallest absolute Gasteiger partial charge is 0.341 e. The molecule has 5 nitrogen and oxygen atoms in total. The standard InChI is InChI=1S/C21H16BrCl2NO4S/c1-11-18(12-4-3-5-13(23)8-12)19(21(27)28-2)20(30-11)25-17(26)10-29-16-7-6-14(24)9-15(16)22/h3-9H,10H2,1-2H3,(H,25,26).